The summed E-state index contributed by atoms with van der Waals surface area (Å²) >= 11 is 0. The van der Waals surface area contributed by atoms with E-state index >= 15 is 0 Å². The van der Waals surface area contributed by atoms with Gasteiger partial charge < -0.3 is 10.4 Å². The molecule has 0 saturated heterocycles. The molecule has 2 N–H and O–H groups in total. The SMILES string of the molecule is O=C(CC1(O)CCCC1)NCCc1ccc2ccccc2c1. The van der Waals surface area contributed by atoms with Crippen molar-refractivity contribution < 1.29 is 9.90 Å². The van der Waals surface area contributed by atoms with Gasteiger partial charge in [0, 0.05) is 6.54 Å². The van der Waals surface area contributed by atoms with Gasteiger partial charge in [0.15, 0.2) is 0 Å². The molecule has 0 spiro atoms. The Morgan fingerprint density at radius 3 is 2.59 bits per heavy atom. The maximum atomic E-state index is 11.9. The average Bonchev–Trinajstić information content (AvgIpc) is 2.93. The summed E-state index contributed by atoms with van der Waals surface area (Å²) in [6.07, 6.45) is 4.62. The molecule has 1 saturated carbocycles. The summed E-state index contributed by atoms with van der Waals surface area (Å²) in [5.41, 5.74) is 0.464. The topological polar surface area (TPSA) is 49.3 Å². The maximum absolute atomic E-state index is 11.9. The fraction of sp³-hybridized carbons (Fsp3) is 0.421. The number of aliphatic hydroxyl groups is 1. The Bertz CT molecular complexity index is 659. The minimum atomic E-state index is -0.757. The zero-order valence-corrected chi connectivity index (χ0v) is 12.8. The Hall–Kier alpha value is -1.87. The van der Waals surface area contributed by atoms with Crippen molar-refractivity contribution in [2.45, 2.75) is 44.1 Å². The molecule has 0 unspecified atom stereocenters. The summed E-state index contributed by atoms with van der Waals surface area (Å²) in [4.78, 5) is 11.9. The van der Waals surface area contributed by atoms with Crippen molar-refractivity contribution in [3.05, 3.63) is 48.0 Å². The Morgan fingerprint density at radius 1 is 1.09 bits per heavy atom. The van der Waals surface area contributed by atoms with Crippen molar-refractivity contribution in [1.82, 2.24) is 5.32 Å². The van der Waals surface area contributed by atoms with Crippen LogP contribution in [0, 0.1) is 0 Å². The van der Waals surface area contributed by atoms with E-state index in [1.165, 1.54) is 16.3 Å². The van der Waals surface area contributed by atoms with E-state index in [0.717, 1.165) is 32.1 Å². The van der Waals surface area contributed by atoms with E-state index in [1.807, 2.05) is 12.1 Å². The van der Waals surface area contributed by atoms with Gasteiger partial charge in [-0.25, -0.2) is 0 Å². The van der Waals surface area contributed by atoms with Crippen LogP contribution in [0.1, 0.15) is 37.7 Å². The number of hydrogen-bond donors (Lipinski definition) is 2. The van der Waals surface area contributed by atoms with Crippen LogP contribution in [0.15, 0.2) is 42.5 Å². The first-order valence-electron chi connectivity index (χ1n) is 8.11. The van der Waals surface area contributed by atoms with Gasteiger partial charge in [0.1, 0.15) is 0 Å². The zero-order valence-electron chi connectivity index (χ0n) is 12.8. The van der Waals surface area contributed by atoms with E-state index < -0.39 is 5.60 Å². The molecule has 0 bridgehead atoms. The molecule has 1 aliphatic rings. The highest BCUT2D eigenvalue weighted by molar-refractivity contribution is 5.83. The van der Waals surface area contributed by atoms with Crippen LogP contribution in [-0.2, 0) is 11.2 Å². The number of nitrogens with one attached hydrogen (secondary N) is 1. The quantitative estimate of drug-likeness (QED) is 0.890. The lowest BCUT2D eigenvalue weighted by Crippen LogP contribution is -2.35. The second-order valence-corrected chi connectivity index (χ2v) is 6.39. The number of carbonyl (C=O) groups excluding carboxylic acids is 1. The molecule has 0 atom stereocenters. The Balaban J connectivity index is 1.50. The highest BCUT2D eigenvalue weighted by atomic mass is 16.3. The summed E-state index contributed by atoms with van der Waals surface area (Å²) in [7, 11) is 0. The third-order valence-corrected chi connectivity index (χ3v) is 4.57. The Kier molecular flexibility index (Phi) is 4.44. The second kappa shape index (κ2) is 6.49. The first kappa shape index (κ1) is 15.0. The van der Waals surface area contributed by atoms with E-state index in [1.54, 1.807) is 0 Å². The highest BCUT2D eigenvalue weighted by Gasteiger charge is 2.33. The van der Waals surface area contributed by atoms with E-state index in [0.29, 0.717) is 6.54 Å². The number of benzene rings is 2. The average molecular weight is 297 g/mol. The normalized spacial score (nSPS) is 16.8. The van der Waals surface area contributed by atoms with Crippen molar-refractivity contribution >= 4 is 16.7 Å². The summed E-state index contributed by atoms with van der Waals surface area (Å²) in [6, 6.07) is 14.7. The van der Waals surface area contributed by atoms with Crippen LogP contribution in [0.5, 0.6) is 0 Å². The molecule has 1 aliphatic carbocycles. The van der Waals surface area contributed by atoms with Gasteiger partial charge in [-0.3, -0.25) is 4.79 Å². The van der Waals surface area contributed by atoms with Crippen molar-refractivity contribution in [3.8, 4) is 0 Å². The number of hydrogen-bond acceptors (Lipinski definition) is 2. The summed E-state index contributed by atoms with van der Waals surface area (Å²) in [6.45, 7) is 0.618. The standard InChI is InChI=1S/C19H23NO2/c21-18(14-19(22)10-3-4-11-19)20-12-9-15-7-8-16-5-1-2-6-17(16)13-15/h1-2,5-8,13,22H,3-4,9-12,14H2,(H,20,21). The molecular weight excluding hydrogens is 274 g/mol. The van der Waals surface area contributed by atoms with Crippen LogP contribution in [0.25, 0.3) is 10.8 Å². The fourth-order valence-electron chi connectivity index (χ4n) is 3.31. The van der Waals surface area contributed by atoms with Crippen molar-refractivity contribution in [3.63, 3.8) is 0 Å². The molecule has 2 aromatic carbocycles. The smallest absolute Gasteiger partial charge is 0.222 e. The molecular formula is C19H23NO2. The molecule has 0 heterocycles. The molecule has 116 valence electrons. The van der Waals surface area contributed by atoms with Crippen LogP contribution in [-0.4, -0.2) is 23.2 Å². The Labute approximate surface area is 131 Å². The van der Waals surface area contributed by atoms with Gasteiger partial charge in [-0.2, -0.15) is 0 Å². The predicted octanol–water partition coefficient (Wildman–Crippen LogP) is 3.19. The van der Waals surface area contributed by atoms with Crippen LogP contribution in [0.4, 0.5) is 0 Å². The third kappa shape index (κ3) is 3.66. The van der Waals surface area contributed by atoms with E-state index in [2.05, 4.69) is 35.6 Å². The summed E-state index contributed by atoms with van der Waals surface area (Å²) in [5.74, 6) is -0.0369. The molecule has 2 aromatic rings. The van der Waals surface area contributed by atoms with Crippen LogP contribution >= 0.6 is 0 Å². The number of amides is 1. The number of rotatable bonds is 5. The molecule has 0 aromatic heterocycles. The van der Waals surface area contributed by atoms with Crippen LogP contribution in [0.3, 0.4) is 0 Å². The van der Waals surface area contributed by atoms with Gasteiger partial charge in [0.2, 0.25) is 5.91 Å². The van der Waals surface area contributed by atoms with Crippen molar-refractivity contribution in [2.24, 2.45) is 0 Å². The van der Waals surface area contributed by atoms with Gasteiger partial charge in [-0.05, 0) is 35.6 Å². The molecule has 3 heteroatoms. The largest absolute Gasteiger partial charge is 0.389 e. The second-order valence-electron chi connectivity index (χ2n) is 6.39. The minimum absolute atomic E-state index is 0.0369. The van der Waals surface area contributed by atoms with Gasteiger partial charge in [-0.15, -0.1) is 0 Å². The monoisotopic (exact) mass is 297 g/mol. The maximum Gasteiger partial charge on any atom is 0.222 e. The lowest BCUT2D eigenvalue weighted by molar-refractivity contribution is -0.125. The Morgan fingerprint density at radius 2 is 1.82 bits per heavy atom. The van der Waals surface area contributed by atoms with Crippen molar-refractivity contribution in [2.75, 3.05) is 6.54 Å². The van der Waals surface area contributed by atoms with Crippen molar-refractivity contribution in [1.29, 1.82) is 0 Å². The van der Waals surface area contributed by atoms with Gasteiger partial charge in [-0.1, -0.05) is 55.3 Å². The lowest BCUT2D eigenvalue weighted by atomic mass is 9.97. The van der Waals surface area contributed by atoms with Crippen LogP contribution in [0.2, 0.25) is 0 Å². The van der Waals surface area contributed by atoms with E-state index in [-0.39, 0.29) is 12.3 Å². The molecule has 1 amide bonds. The molecule has 0 radical (unpaired) electrons. The van der Waals surface area contributed by atoms with E-state index in [9.17, 15) is 9.90 Å². The molecule has 3 rings (SSSR count). The molecule has 3 nitrogen and oxygen atoms in total. The summed E-state index contributed by atoms with van der Waals surface area (Å²) < 4.78 is 0. The molecule has 0 aliphatic heterocycles. The number of carbonyl (C=O) groups is 1. The van der Waals surface area contributed by atoms with E-state index in [4.69, 9.17) is 0 Å². The highest BCUT2D eigenvalue weighted by Crippen LogP contribution is 2.32. The lowest BCUT2D eigenvalue weighted by Gasteiger charge is -2.21. The zero-order chi connectivity index (χ0) is 15.4. The summed E-state index contributed by atoms with van der Waals surface area (Å²) in [5, 5.41) is 15.6. The number of fused-ring (bicyclic) bond motifs is 1. The van der Waals surface area contributed by atoms with Gasteiger partial charge in [0.05, 0.1) is 12.0 Å². The first-order chi connectivity index (χ1) is 10.6. The van der Waals surface area contributed by atoms with Gasteiger partial charge >= 0.3 is 0 Å². The predicted molar refractivity (Wildman–Crippen MR) is 88.7 cm³/mol. The molecule has 22 heavy (non-hydrogen) atoms. The van der Waals surface area contributed by atoms with Crippen LogP contribution < -0.4 is 5.32 Å². The first-order valence-corrected chi connectivity index (χ1v) is 8.11. The minimum Gasteiger partial charge on any atom is -0.389 e. The third-order valence-electron chi connectivity index (χ3n) is 4.57. The fourth-order valence-corrected chi connectivity index (χ4v) is 3.31. The molecule has 1 fully saturated rings. The van der Waals surface area contributed by atoms with Gasteiger partial charge in [0.25, 0.3) is 0 Å².